The first-order valence-electron chi connectivity index (χ1n) is 14.7. The highest BCUT2D eigenvalue weighted by molar-refractivity contribution is 6.08. The highest BCUT2D eigenvalue weighted by atomic mass is 19.1. The van der Waals surface area contributed by atoms with E-state index >= 15 is 0 Å². The second-order valence-corrected chi connectivity index (χ2v) is 11.2. The third-order valence-electron chi connectivity index (χ3n) is 7.87. The summed E-state index contributed by atoms with van der Waals surface area (Å²) >= 11 is 0. The zero-order valence-corrected chi connectivity index (χ0v) is 25.3. The van der Waals surface area contributed by atoms with Gasteiger partial charge in [-0.3, -0.25) is 4.79 Å². The molecule has 0 aliphatic carbocycles. The predicted octanol–water partition coefficient (Wildman–Crippen LogP) is 6.01. The number of hydrogen-bond acceptors (Lipinski definition) is 5. The van der Waals surface area contributed by atoms with Gasteiger partial charge in [-0.05, 0) is 54.8 Å². The number of benzene rings is 4. The number of nitrogens with one attached hydrogen (secondary N) is 3. The Bertz CT molecular complexity index is 1690. The minimum absolute atomic E-state index is 0.125. The number of anilines is 3. The molecule has 0 spiro atoms. The number of amides is 5. The van der Waals surface area contributed by atoms with Crippen molar-refractivity contribution in [1.82, 2.24) is 9.80 Å². The Hall–Kier alpha value is -5.16. The molecule has 0 fully saturated rings. The van der Waals surface area contributed by atoms with Crippen molar-refractivity contribution in [2.75, 3.05) is 42.7 Å². The monoisotopic (exact) mass is 613 g/mol. The van der Waals surface area contributed by atoms with Crippen LogP contribution in [0.2, 0.25) is 0 Å². The fraction of sp³-hybridized carbons (Fsp3) is 0.265. The average molecular weight is 614 g/mol. The van der Waals surface area contributed by atoms with E-state index in [9.17, 15) is 23.9 Å². The number of urea groups is 2. The van der Waals surface area contributed by atoms with Crippen molar-refractivity contribution in [1.29, 1.82) is 0 Å². The van der Waals surface area contributed by atoms with E-state index in [1.54, 1.807) is 43.1 Å². The number of para-hydroxylation sites is 1. The van der Waals surface area contributed by atoms with Gasteiger partial charge in [-0.25, -0.2) is 14.0 Å². The van der Waals surface area contributed by atoms with Gasteiger partial charge in [0, 0.05) is 30.6 Å². The van der Waals surface area contributed by atoms with E-state index in [1.165, 1.54) is 29.2 Å². The molecule has 4 aromatic rings. The maximum atomic E-state index is 13.8. The molecule has 3 atom stereocenters. The first-order valence-corrected chi connectivity index (χ1v) is 14.7. The van der Waals surface area contributed by atoms with E-state index in [4.69, 9.17) is 4.74 Å². The van der Waals surface area contributed by atoms with Crippen LogP contribution in [0.25, 0.3) is 10.8 Å². The normalized spacial score (nSPS) is 16.9. The van der Waals surface area contributed by atoms with Gasteiger partial charge in [0.05, 0.1) is 36.1 Å². The summed E-state index contributed by atoms with van der Waals surface area (Å²) in [7, 11) is 1.61. The van der Waals surface area contributed by atoms with E-state index in [2.05, 4.69) is 16.0 Å². The van der Waals surface area contributed by atoms with Crippen molar-refractivity contribution in [3.63, 3.8) is 0 Å². The Balaban J connectivity index is 1.42. The molecule has 45 heavy (non-hydrogen) atoms. The van der Waals surface area contributed by atoms with Crippen LogP contribution in [0.4, 0.5) is 31.0 Å². The number of carbonyl (C=O) groups excluding carboxylic acids is 3. The van der Waals surface area contributed by atoms with E-state index < -0.39 is 30.0 Å². The van der Waals surface area contributed by atoms with Crippen molar-refractivity contribution < 1.29 is 28.6 Å². The zero-order valence-electron chi connectivity index (χ0n) is 25.3. The molecule has 1 heterocycles. The van der Waals surface area contributed by atoms with Crippen LogP contribution in [0.3, 0.4) is 0 Å². The molecule has 1 aliphatic heterocycles. The lowest BCUT2D eigenvalue weighted by Crippen LogP contribution is -2.50. The molecule has 0 saturated heterocycles. The van der Waals surface area contributed by atoms with Crippen LogP contribution in [0.5, 0.6) is 5.75 Å². The molecule has 0 unspecified atom stereocenters. The molecular formula is C34H36FN5O5. The maximum absolute atomic E-state index is 13.8. The molecule has 5 rings (SSSR count). The molecule has 1 aliphatic rings. The molecule has 11 heteroatoms. The Labute approximate surface area is 260 Å². The van der Waals surface area contributed by atoms with Gasteiger partial charge in [-0.15, -0.1) is 0 Å². The average Bonchev–Trinajstić information content (AvgIpc) is 3.03. The number of rotatable bonds is 7. The number of hydrogen-bond donors (Lipinski definition) is 4. The van der Waals surface area contributed by atoms with Gasteiger partial charge in [-0.2, -0.15) is 0 Å². The van der Waals surface area contributed by atoms with Gasteiger partial charge in [0.1, 0.15) is 11.9 Å². The highest BCUT2D eigenvalue weighted by Crippen LogP contribution is 2.35. The Morgan fingerprint density at radius 1 is 0.978 bits per heavy atom. The minimum atomic E-state index is -0.613. The van der Waals surface area contributed by atoms with Crippen LogP contribution in [0.1, 0.15) is 24.2 Å². The van der Waals surface area contributed by atoms with Crippen LogP contribution in [-0.4, -0.2) is 71.8 Å². The number of carbonyl (C=O) groups is 3. The van der Waals surface area contributed by atoms with Crippen LogP contribution < -0.4 is 20.7 Å². The molecule has 0 radical (unpaired) electrons. The van der Waals surface area contributed by atoms with Crippen LogP contribution in [0, 0.1) is 11.7 Å². The van der Waals surface area contributed by atoms with E-state index in [1.807, 2.05) is 43.3 Å². The predicted molar refractivity (Wildman–Crippen MR) is 172 cm³/mol. The Morgan fingerprint density at radius 2 is 1.64 bits per heavy atom. The number of nitrogens with zero attached hydrogens (tertiary/aromatic N) is 2. The summed E-state index contributed by atoms with van der Waals surface area (Å²) in [6.07, 6.45) is -0.613. The van der Waals surface area contributed by atoms with Gasteiger partial charge >= 0.3 is 12.1 Å². The van der Waals surface area contributed by atoms with Crippen molar-refractivity contribution in [2.45, 2.75) is 26.0 Å². The van der Waals surface area contributed by atoms with Crippen molar-refractivity contribution in [3.05, 3.63) is 96.3 Å². The van der Waals surface area contributed by atoms with Gasteiger partial charge in [0.25, 0.3) is 5.91 Å². The smallest absolute Gasteiger partial charge is 0.323 e. The topological polar surface area (TPSA) is 123 Å². The fourth-order valence-corrected chi connectivity index (χ4v) is 5.27. The molecule has 4 aromatic carbocycles. The third-order valence-corrected chi connectivity index (χ3v) is 7.87. The molecule has 5 amide bonds. The molecule has 0 aromatic heterocycles. The third kappa shape index (κ3) is 7.15. The lowest BCUT2D eigenvalue weighted by atomic mass is 9.99. The summed E-state index contributed by atoms with van der Waals surface area (Å²) in [4.78, 5) is 43.1. The molecule has 0 bridgehead atoms. The quantitative estimate of drug-likeness (QED) is 0.203. The highest BCUT2D eigenvalue weighted by Gasteiger charge is 2.35. The standard InChI is InChI=1S/C34H36FN5O5/c1-21-18-40(22(2)20-41)32(42)27-11-7-13-29(38-33(43)37-28-12-6-9-23-8-4-5-10-26(23)28)31(27)45-30(21)19-39(3)34(44)36-25-16-14-24(35)15-17-25/h4-17,21-22,30,41H,18-20H2,1-3H3,(H,36,44)(H2,37,38,43)/t21-,22-,30-/m1/s1. The van der Waals surface area contributed by atoms with Crippen LogP contribution in [0.15, 0.2) is 84.9 Å². The summed E-state index contributed by atoms with van der Waals surface area (Å²) in [5.41, 5.74) is 1.54. The van der Waals surface area contributed by atoms with E-state index in [0.717, 1.165) is 10.8 Å². The first kappa shape index (κ1) is 31.3. The number of halogens is 1. The lowest BCUT2D eigenvalue weighted by Gasteiger charge is -2.38. The van der Waals surface area contributed by atoms with Crippen LogP contribution >= 0.6 is 0 Å². The van der Waals surface area contributed by atoms with Gasteiger partial charge in [0.15, 0.2) is 5.75 Å². The molecule has 10 nitrogen and oxygen atoms in total. The lowest BCUT2D eigenvalue weighted by molar-refractivity contribution is 0.0373. The van der Waals surface area contributed by atoms with Gasteiger partial charge in [-0.1, -0.05) is 49.4 Å². The SMILES string of the molecule is C[C@@H]1CN([C@H](C)CO)C(=O)c2cccc(NC(=O)Nc3cccc4ccccc34)c2O[C@@H]1CN(C)C(=O)Nc1ccc(F)cc1. The molecule has 0 saturated carbocycles. The second-order valence-electron chi connectivity index (χ2n) is 11.2. The van der Waals surface area contributed by atoms with E-state index in [-0.39, 0.29) is 48.5 Å². The Morgan fingerprint density at radius 3 is 2.40 bits per heavy atom. The Kier molecular flexibility index (Phi) is 9.48. The van der Waals surface area contributed by atoms with Crippen molar-refractivity contribution in [2.24, 2.45) is 5.92 Å². The number of fused-ring (bicyclic) bond motifs is 2. The summed E-state index contributed by atoms with van der Waals surface area (Å²) in [5, 5.41) is 20.3. The van der Waals surface area contributed by atoms with Crippen LogP contribution in [-0.2, 0) is 0 Å². The minimum Gasteiger partial charge on any atom is -0.485 e. The van der Waals surface area contributed by atoms with Crippen molar-refractivity contribution >= 4 is 45.8 Å². The summed E-state index contributed by atoms with van der Waals surface area (Å²) in [6, 6.07) is 22.2. The largest absolute Gasteiger partial charge is 0.485 e. The number of aliphatic hydroxyl groups is 1. The van der Waals surface area contributed by atoms with Gasteiger partial charge in [0.2, 0.25) is 0 Å². The number of likely N-dealkylation sites (N-methyl/N-ethyl adjacent to an activating group) is 1. The van der Waals surface area contributed by atoms with Crippen molar-refractivity contribution in [3.8, 4) is 5.75 Å². The molecule has 4 N–H and O–H groups in total. The summed E-state index contributed by atoms with van der Waals surface area (Å²) in [5.74, 6) is -0.884. The fourth-order valence-electron chi connectivity index (χ4n) is 5.27. The van der Waals surface area contributed by atoms with Gasteiger partial charge < -0.3 is 35.6 Å². The first-order chi connectivity index (χ1) is 21.6. The second kappa shape index (κ2) is 13.6. The zero-order chi connectivity index (χ0) is 32.1. The summed E-state index contributed by atoms with van der Waals surface area (Å²) < 4.78 is 19.8. The summed E-state index contributed by atoms with van der Waals surface area (Å²) in [6.45, 7) is 3.79. The number of aliphatic hydroxyl groups excluding tert-OH is 1. The van der Waals surface area contributed by atoms with E-state index in [0.29, 0.717) is 11.4 Å². The number of ether oxygens (including phenoxy) is 1. The maximum Gasteiger partial charge on any atom is 0.323 e. The molecule has 234 valence electrons. The molecular weight excluding hydrogens is 577 g/mol.